The number of hydrogen-bond acceptors (Lipinski definition) is 6. The molecule has 0 aliphatic rings. The molecule has 0 saturated carbocycles. The summed E-state index contributed by atoms with van der Waals surface area (Å²) < 4.78 is 2.95. The van der Waals surface area contributed by atoms with E-state index in [-0.39, 0.29) is 24.8 Å². The molecule has 4 aromatic rings. The molecule has 0 fully saturated rings. The Bertz CT molecular complexity index is 1260. The molecule has 0 spiro atoms. The number of rotatable bonds is 5. The largest absolute Gasteiger partial charge is 0.328 e. The SMILES string of the molecule is Cc1ccc(-c2csc3nc(NC(=O)CCn4ccc(=O)[nH]c4=O)nn23)cc1. The molecular formula is C18H16N6O3S. The van der Waals surface area contributed by atoms with Gasteiger partial charge in [-0.3, -0.25) is 19.9 Å². The first-order chi connectivity index (χ1) is 13.5. The van der Waals surface area contributed by atoms with Gasteiger partial charge in [0.05, 0.1) is 5.69 Å². The maximum Gasteiger partial charge on any atom is 0.328 e. The van der Waals surface area contributed by atoms with Crippen LogP contribution in [0, 0.1) is 6.92 Å². The summed E-state index contributed by atoms with van der Waals surface area (Å²) in [5, 5.41) is 8.97. The maximum atomic E-state index is 12.2. The molecule has 142 valence electrons. The number of carbonyl (C=O) groups is 1. The van der Waals surface area contributed by atoms with Crippen molar-refractivity contribution in [3.8, 4) is 11.3 Å². The zero-order chi connectivity index (χ0) is 19.7. The number of fused-ring (bicyclic) bond motifs is 1. The molecule has 0 bridgehead atoms. The Balaban J connectivity index is 1.47. The Morgan fingerprint density at radius 1 is 1.21 bits per heavy atom. The summed E-state index contributed by atoms with van der Waals surface area (Å²) in [5.74, 6) is -0.118. The minimum atomic E-state index is -0.552. The van der Waals surface area contributed by atoms with Gasteiger partial charge in [0.2, 0.25) is 16.8 Å². The van der Waals surface area contributed by atoms with Crippen molar-refractivity contribution < 1.29 is 4.79 Å². The van der Waals surface area contributed by atoms with Crippen LogP contribution in [0.25, 0.3) is 16.2 Å². The molecule has 0 aliphatic heterocycles. The predicted molar refractivity (Wildman–Crippen MR) is 106 cm³/mol. The standard InChI is InChI=1S/C18H16N6O3S/c1-11-2-4-12(5-3-11)13-10-28-18-21-16(22-24(13)18)19-14(25)6-8-23-9-7-15(26)20-17(23)27/h2-5,7,9-10H,6,8H2,1H3,(H,19,22,25)(H,20,26,27). The fourth-order valence-electron chi connectivity index (χ4n) is 2.69. The van der Waals surface area contributed by atoms with E-state index < -0.39 is 11.2 Å². The Labute approximate surface area is 162 Å². The molecular weight excluding hydrogens is 380 g/mol. The number of benzene rings is 1. The summed E-state index contributed by atoms with van der Waals surface area (Å²) >= 11 is 1.43. The summed E-state index contributed by atoms with van der Waals surface area (Å²) in [6.45, 7) is 2.16. The number of nitrogens with one attached hydrogen (secondary N) is 2. The van der Waals surface area contributed by atoms with Gasteiger partial charge in [0.1, 0.15) is 0 Å². The summed E-state index contributed by atoms with van der Waals surface area (Å²) in [4.78, 5) is 42.0. The van der Waals surface area contributed by atoms with Crippen LogP contribution in [-0.2, 0) is 11.3 Å². The van der Waals surface area contributed by atoms with Crippen molar-refractivity contribution in [2.24, 2.45) is 0 Å². The second-order valence-electron chi connectivity index (χ2n) is 6.22. The highest BCUT2D eigenvalue weighted by Crippen LogP contribution is 2.26. The minimum absolute atomic E-state index is 0.0453. The predicted octanol–water partition coefficient (Wildman–Crippen LogP) is 1.65. The number of aryl methyl sites for hydroxylation is 2. The number of aromatic amines is 1. The van der Waals surface area contributed by atoms with Gasteiger partial charge in [-0.1, -0.05) is 29.8 Å². The molecule has 1 amide bonds. The van der Waals surface area contributed by atoms with E-state index in [4.69, 9.17) is 0 Å². The van der Waals surface area contributed by atoms with Crippen LogP contribution < -0.4 is 16.6 Å². The molecule has 1 aromatic carbocycles. The Kier molecular flexibility index (Phi) is 4.62. The van der Waals surface area contributed by atoms with Crippen LogP contribution in [0.15, 0.2) is 51.5 Å². The normalized spacial score (nSPS) is 11.0. The first-order valence-electron chi connectivity index (χ1n) is 8.50. The number of carbonyl (C=O) groups excluding carboxylic acids is 1. The first-order valence-corrected chi connectivity index (χ1v) is 9.38. The van der Waals surface area contributed by atoms with E-state index in [9.17, 15) is 14.4 Å². The highest BCUT2D eigenvalue weighted by Gasteiger charge is 2.13. The van der Waals surface area contributed by atoms with Crippen molar-refractivity contribution in [2.75, 3.05) is 5.32 Å². The number of nitrogens with zero attached hydrogens (tertiary/aromatic N) is 4. The monoisotopic (exact) mass is 396 g/mol. The second kappa shape index (κ2) is 7.24. The number of amides is 1. The van der Waals surface area contributed by atoms with E-state index in [0.29, 0.717) is 4.96 Å². The molecule has 0 radical (unpaired) electrons. The fraction of sp³-hybridized carbons (Fsp3) is 0.167. The molecule has 9 nitrogen and oxygen atoms in total. The third kappa shape index (κ3) is 3.62. The molecule has 0 aliphatic carbocycles. The van der Waals surface area contributed by atoms with Crippen molar-refractivity contribution in [1.82, 2.24) is 24.1 Å². The molecule has 0 saturated heterocycles. The minimum Gasteiger partial charge on any atom is -0.300 e. The molecule has 3 heterocycles. The van der Waals surface area contributed by atoms with E-state index in [2.05, 4.69) is 20.4 Å². The molecule has 3 aromatic heterocycles. The van der Waals surface area contributed by atoms with Gasteiger partial charge >= 0.3 is 5.69 Å². The number of hydrogen-bond donors (Lipinski definition) is 2. The average molecular weight is 396 g/mol. The van der Waals surface area contributed by atoms with Crippen molar-refractivity contribution in [1.29, 1.82) is 0 Å². The first kappa shape index (κ1) is 17.9. The lowest BCUT2D eigenvalue weighted by Gasteiger charge is -2.04. The van der Waals surface area contributed by atoms with Crippen molar-refractivity contribution in [3.05, 3.63) is 68.3 Å². The summed E-state index contributed by atoms with van der Waals surface area (Å²) in [5.41, 5.74) is 2.05. The van der Waals surface area contributed by atoms with Crippen LogP contribution in [-0.4, -0.2) is 30.1 Å². The van der Waals surface area contributed by atoms with Gasteiger partial charge < -0.3 is 4.57 Å². The molecule has 2 N–H and O–H groups in total. The quantitative estimate of drug-likeness (QED) is 0.532. The van der Waals surface area contributed by atoms with E-state index >= 15 is 0 Å². The molecule has 0 unspecified atom stereocenters. The van der Waals surface area contributed by atoms with Gasteiger partial charge in [-0.2, -0.15) is 4.98 Å². The topological polar surface area (TPSA) is 114 Å². The number of anilines is 1. The summed E-state index contributed by atoms with van der Waals surface area (Å²) in [6.07, 6.45) is 1.40. The lowest BCUT2D eigenvalue weighted by atomic mass is 10.1. The van der Waals surface area contributed by atoms with E-state index in [0.717, 1.165) is 11.3 Å². The Hall–Kier alpha value is -3.53. The lowest BCUT2D eigenvalue weighted by molar-refractivity contribution is -0.116. The number of H-pyrrole nitrogens is 1. The van der Waals surface area contributed by atoms with E-state index in [1.54, 1.807) is 4.52 Å². The van der Waals surface area contributed by atoms with Gasteiger partial charge in [0, 0.05) is 36.2 Å². The summed E-state index contributed by atoms with van der Waals surface area (Å²) in [7, 11) is 0. The van der Waals surface area contributed by atoms with Crippen LogP contribution in [0.1, 0.15) is 12.0 Å². The van der Waals surface area contributed by atoms with Gasteiger partial charge in [0.15, 0.2) is 0 Å². The fourth-order valence-corrected chi connectivity index (χ4v) is 3.52. The lowest BCUT2D eigenvalue weighted by Crippen LogP contribution is -2.29. The maximum absolute atomic E-state index is 12.2. The van der Waals surface area contributed by atoms with Gasteiger partial charge in [-0.15, -0.1) is 16.4 Å². The van der Waals surface area contributed by atoms with E-state index in [1.165, 1.54) is 33.7 Å². The van der Waals surface area contributed by atoms with Gasteiger partial charge in [0.25, 0.3) is 5.56 Å². The molecule has 10 heteroatoms. The van der Waals surface area contributed by atoms with E-state index in [1.807, 2.05) is 36.6 Å². The highest BCUT2D eigenvalue weighted by atomic mass is 32.1. The van der Waals surface area contributed by atoms with Gasteiger partial charge in [-0.25, -0.2) is 9.31 Å². The smallest absolute Gasteiger partial charge is 0.300 e. The second-order valence-corrected chi connectivity index (χ2v) is 7.06. The Morgan fingerprint density at radius 3 is 2.75 bits per heavy atom. The van der Waals surface area contributed by atoms with Crippen LogP contribution >= 0.6 is 11.3 Å². The zero-order valence-corrected chi connectivity index (χ0v) is 15.7. The van der Waals surface area contributed by atoms with Crippen molar-refractivity contribution >= 4 is 28.2 Å². The Morgan fingerprint density at radius 2 is 2.00 bits per heavy atom. The highest BCUT2D eigenvalue weighted by molar-refractivity contribution is 7.15. The zero-order valence-electron chi connectivity index (χ0n) is 14.9. The number of thiazole rings is 1. The van der Waals surface area contributed by atoms with Crippen LogP contribution in [0.2, 0.25) is 0 Å². The van der Waals surface area contributed by atoms with Crippen molar-refractivity contribution in [2.45, 2.75) is 19.9 Å². The van der Waals surface area contributed by atoms with Gasteiger partial charge in [-0.05, 0) is 6.92 Å². The third-order valence-corrected chi connectivity index (χ3v) is 4.97. The van der Waals surface area contributed by atoms with Crippen LogP contribution in [0.3, 0.4) is 0 Å². The molecule has 0 atom stereocenters. The summed E-state index contributed by atoms with van der Waals surface area (Å²) in [6, 6.07) is 9.31. The molecule has 28 heavy (non-hydrogen) atoms. The number of aromatic nitrogens is 5. The third-order valence-electron chi connectivity index (χ3n) is 4.16. The molecule has 4 rings (SSSR count). The average Bonchev–Trinajstić information content (AvgIpc) is 3.22. The van der Waals surface area contributed by atoms with Crippen molar-refractivity contribution in [3.63, 3.8) is 0 Å². The van der Waals surface area contributed by atoms with Crippen LogP contribution in [0.5, 0.6) is 0 Å². The van der Waals surface area contributed by atoms with Crippen LogP contribution in [0.4, 0.5) is 5.95 Å².